The molecular formula is C13H22N2O2. The Balaban J connectivity index is 1.68. The summed E-state index contributed by atoms with van der Waals surface area (Å²) in [5.41, 5.74) is 0. The van der Waals surface area contributed by atoms with Crippen LogP contribution in [0, 0.1) is 0 Å². The van der Waals surface area contributed by atoms with E-state index in [0.29, 0.717) is 24.2 Å². The van der Waals surface area contributed by atoms with Crippen LogP contribution in [0.2, 0.25) is 0 Å². The molecule has 0 amide bonds. The van der Waals surface area contributed by atoms with Crippen molar-refractivity contribution in [1.29, 1.82) is 0 Å². The van der Waals surface area contributed by atoms with E-state index in [2.05, 4.69) is 16.8 Å². The van der Waals surface area contributed by atoms with Gasteiger partial charge in [-0.15, -0.1) is 0 Å². The fraction of sp³-hybridized carbons (Fsp3) is 0.923. The Kier molecular flexibility index (Phi) is 2.87. The number of fused-ring (bicyclic) bond motifs is 2. The number of carboxylic acid groups (broad SMARTS) is 1. The minimum Gasteiger partial charge on any atom is -0.480 e. The van der Waals surface area contributed by atoms with Gasteiger partial charge in [0.05, 0.1) is 6.54 Å². The maximum absolute atomic E-state index is 11.0. The zero-order chi connectivity index (χ0) is 12.0. The molecule has 0 aromatic carbocycles. The molecule has 0 aromatic rings. The summed E-state index contributed by atoms with van der Waals surface area (Å²) in [5.74, 6) is -0.664. The van der Waals surface area contributed by atoms with Gasteiger partial charge in [0.25, 0.3) is 0 Å². The summed E-state index contributed by atoms with van der Waals surface area (Å²) in [6.45, 7) is 0.248. The predicted molar refractivity (Wildman–Crippen MR) is 65.0 cm³/mol. The maximum Gasteiger partial charge on any atom is 0.317 e. The first-order chi connectivity index (χ1) is 8.15. The fourth-order valence-electron chi connectivity index (χ4n) is 3.77. The molecule has 3 rings (SSSR count). The van der Waals surface area contributed by atoms with Gasteiger partial charge in [-0.2, -0.15) is 0 Å². The van der Waals surface area contributed by atoms with Gasteiger partial charge in [0.2, 0.25) is 0 Å². The maximum atomic E-state index is 11.0. The topological polar surface area (TPSA) is 43.8 Å². The van der Waals surface area contributed by atoms with Crippen molar-refractivity contribution in [3.8, 4) is 0 Å². The lowest BCUT2D eigenvalue weighted by molar-refractivity contribution is -0.139. The first-order valence-electron chi connectivity index (χ1n) is 6.84. The number of carboxylic acids is 1. The second-order valence-corrected chi connectivity index (χ2v) is 5.97. The average Bonchev–Trinajstić information content (AvgIpc) is 3.08. The van der Waals surface area contributed by atoms with Crippen molar-refractivity contribution in [3.05, 3.63) is 0 Å². The molecule has 0 radical (unpaired) electrons. The summed E-state index contributed by atoms with van der Waals surface area (Å²) in [6, 6.07) is 2.49. The summed E-state index contributed by atoms with van der Waals surface area (Å²) in [7, 11) is 2.23. The number of aliphatic carboxylic acids is 1. The van der Waals surface area contributed by atoms with E-state index in [0.717, 1.165) is 0 Å². The van der Waals surface area contributed by atoms with Crippen LogP contribution in [0.1, 0.15) is 38.5 Å². The molecule has 2 aliphatic heterocycles. The molecule has 2 unspecified atom stereocenters. The molecule has 2 atom stereocenters. The minimum absolute atomic E-state index is 0.248. The van der Waals surface area contributed by atoms with Gasteiger partial charge in [-0.25, -0.2) is 0 Å². The lowest BCUT2D eigenvalue weighted by Crippen LogP contribution is -2.50. The number of hydrogen-bond donors (Lipinski definition) is 1. The van der Waals surface area contributed by atoms with E-state index in [9.17, 15) is 4.79 Å². The van der Waals surface area contributed by atoms with E-state index in [-0.39, 0.29) is 6.54 Å². The van der Waals surface area contributed by atoms with E-state index in [1.54, 1.807) is 0 Å². The van der Waals surface area contributed by atoms with E-state index >= 15 is 0 Å². The SMILES string of the molecule is CN1C2CCC1CC(N(CC(=O)O)C1CC1)C2. The molecule has 1 aliphatic carbocycles. The average molecular weight is 238 g/mol. The number of nitrogens with zero attached hydrogens (tertiary/aromatic N) is 2. The Hall–Kier alpha value is -0.610. The van der Waals surface area contributed by atoms with E-state index in [1.807, 2.05) is 0 Å². The third-order valence-electron chi connectivity index (χ3n) is 4.88. The highest BCUT2D eigenvalue weighted by atomic mass is 16.4. The van der Waals surface area contributed by atoms with Gasteiger partial charge >= 0.3 is 5.97 Å². The molecule has 2 saturated heterocycles. The second kappa shape index (κ2) is 4.25. The normalized spacial score (nSPS) is 37.6. The van der Waals surface area contributed by atoms with Crippen molar-refractivity contribution < 1.29 is 9.90 Å². The molecule has 3 aliphatic rings. The second-order valence-electron chi connectivity index (χ2n) is 5.97. The molecule has 1 saturated carbocycles. The summed E-state index contributed by atoms with van der Waals surface area (Å²) in [4.78, 5) is 15.8. The molecule has 3 fully saturated rings. The van der Waals surface area contributed by atoms with Crippen LogP contribution in [0.5, 0.6) is 0 Å². The lowest BCUT2D eigenvalue weighted by atomic mass is 9.96. The quantitative estimate of drug-likeness (QED) is 0.798. The van der Waals surface area contributed by atoms with Gasteiger partial charge in [0, 0.05) is 24.2 Å². The number of piperidine rings is 1. The first kappa shape index (κ1) is 11.5. The zero-order valence-corrected chi connectivity index (χ0v) is 10.5. The molecule has 2 bridgehead atoms. The van der Waals surface area contributed by atoms with E-state index < -0.39 is 5.97 Å². The molecule has 0 aromatic heterocycles. The van der Waals surface area contributed by atoms with Crippen molar-refractivity contribution in [2.24, 2.45) is 0 Å². The van der Waals surface area contributed by atoms with Crippen LogP contribution in [0.4, 0.5) is 0 Å². The highest BCUT2D eigenvalue weighted by Gasteiger charge is 2.44. The summed E-state index contributed by atoms with van der Waals surface area (Å²) < 4.78 is 0. The van der Waals surface area contributed by atoms with Gasteiger partial charge < -0.3 is 10.0 Å². The van der Waals surface area contributed by atoms with Crippen LogP contribution in [-0.4, -0.2) is 58.6 Å². The molecule has 0 spiro atoms. The van der Waals surface area contributed by atoms with Crippen LogP contribution < -0.4 is 0 Å². The highest BCUT2D eigenvalue weighted by molar-refractivity contribution is 5.69. The van der Waals surface area contributed by atoms with Gasteiger partial charge in [0.1, 0.15) is 0 Å². The Labute approximate surface area is 103 Å². The van der Waals surface area contributed by atoms with Crippen LogP contribution in [0.15, 0.2) is 0 Å². The molecule has 1 N–H and O–H groups in total. The molecule has 4 heteroatoms. The van der Waals surface area contributed by atoms with Crippen LogP contribution >= 0.6 is 0 Å². The standard InChI is InChI=1S/C13H22N2O2/c1-14-10-4-5-11(14)7-12(6-10)15(8-13(16)17)9-2-3-9/h9-12H,2-8H2,1H3,(H,16,17). The Morgan fingerprint density at radius 2 is 1.76 bits per heavy atom. The minimum atomic E-state index is -0.664. The molecule has 96 valence electrons. The van der Waals surface area contributed by atoms with Gasteiger partial charge in [0.15, 0.2) is 0 Å². The Morgan fingerprint density at radius 3 is 2.24 bits per heavy atom. The highest BCUT2D eigenvalue weighted by Crippen LogP contribution is 2.39. The molecular weight excluding hydrogens is 216 g/mol. The largest absolute Gasteiger partial charge is 0.480 e. The predicted octanol–water partition coefficient (Wildman–Crippen LogP) is 1.16. The Morgan fingerprint density at radius 1 is 1.18 bits per heavy atom. The van der Waals surface area contributed by atoms with E-state index in [4.69, 9.17) is 5.11 Å². The zero-order valence-electron chi connectivity index (χ0n) is 10.5. The van der Waals surface area contributed by atoms with E-state index in [1.165, 1.54) is 38.5 Å². The van der Waals surface area contributed by atoms with Crippen LogP contribution in [0.3, 0.4) is 0 Å². The number of rotatable bonds is 4. The third-order valence-corrected chi connectivity index (χ3v) is 4.88. The number of carbonyl (C=O) groups is 1. The molecule has 4 nitrogen and oxygen atoms in total. The van der Waals surface area contributed by atoms with Gasteiger partial charge in [-0.1, -0.05) is 0 Å². The smallest absolute Gasteiger partial charge is 0.317 e. The van der Waals surface area contributed by atoms with Crippen LogP contribution in [-0.2, 0) is 4.79 Å². The summed E-state index contributed by atoms with van der Waals surface area (Å²) in [5, 5.41) is 9.04. The summed E-state index contributed by atoms with van der Waals surface area (Å²) >= 11 is 0. The van der Waals surface area contributed by atoms with Gasteiger partial charge in [-0.3, -0.25) is 9.69 Å². The Bertz CT molecular complexity index is 303. The van der Waals surface area contributed by atoms with Crippen molar-refractivity contribution >= 4 is 5.97 Å². The van der Waals surface area contributed by atoms with Gasteiger partial charge in [-0.05, 0) is 45.6 Å². The number of hydrogen-bond acceptors (Lipinski definition) is 3. The van der Waals surface area contributed by atoms with Crippen molar-refractivity contribution in [1.82, 2.24) is 9.80 Å². The van der Waals surface area contributed by atoms with Crippen molar-refractivity contribution in [2.75, 3.05) is 13.6 Å². The van der Waals surface area contributed by atoms with Crippen molar-refractivity contribution in [3.63, 3.8) is 0 Å². The lowest BCUT2D eigenvalue weighted by Gasteiger charge is -2.41. The molecule has 2 heterocycles. The first-order valence-corrected chi connectivity index (χ1v) is 6.84. The monoisotopic (exact) mass is 238 g/mol. The molecule has 17 heavy (non-hydrogen) atoms. The fourth-order valence-corrected chi connectivity index (χ4v) is 3.77. The van der Waals surface area contributed by atoms with Crippen molar-refractivity contribution in [2.45, 2.75) is 62.7 Å². The van der Waals surface area contributed by atoms with Crippen LogP contribution in [0.25, 0.3) is 0 Å². The summed E-state index contributed by atoms with van der Waals surface area (Å²) in [6.07, 6.45) is 7.38. The third kappa shape index (κ3) is 2.20.